The van der Waals surface area contributed by atoms with Crippen molar-refractivity contribution < 1.29 is 14.7 Å². The summed E-state index contributed by atoms with van der Waals surface area (Å²) in [5.74, 6) is -1.94. The van der Waals surface area contributed by atoms with Gasteiger partial charge in [-0.2, -0.15) is 0 Å². The molecule has 2 heterocycles. The number of benzene rings is 1. The highest BCUT2D eigenvalue weighted by molar-refractivity contribution is 5.87. The predicted molar refractivity (Wildman–Crippen MR) is 95.1 cm³/mol. The van der Waals surface area contributed by atoms with Crippen molar-refractivity contribution in [1.29, 1.82) is 0 Å². The Bertz CT molecular complexity index is 975. The molecule has 0 aliphatic carbocycles. The Morgan fingerprint density at radius 3 is 2.58 bits per heavy atom. The first-order valence-corrected chi connectivity index (χ1v) is 8.59. The second-order valence-corrected chi connectivity index (χ2v) is 6.87. The van der Waals surface area contributed by atoms with Crippen molar-refractivity contribution in [2.45, 2.75) is 38.8 Å². The van der Waals surface area contributed by atoms with E-state index in [-0.39, 0.29) is 5.92 Å². The van der Waals surface area contributed by atoms with Crippen LogP contribution in [-0.2, 0) is 9.59 Å². The van der Waals surface area contributed by atoms with E-state index in [4.69, 9.17) is 0 Å². The lowest BCUT2D eigenvalue weighted by atomic mass is 10.0. The number of amides is 1. The molecule has 1 aromatic heterocycles. The van der Waals surface area contributed by atoms with Crippen LogP contribution < -0.4 is 11.2 Å². The van der Waals surface area contributed by atoms with Crippen LogP contribution in [0.3, 0.4) is 0 Å². The normalized spacial score (nSPS) is 18.4. The molecular formula is C18H21N3O5. The molecule has 1 fully saturated rings. The lowest BCUT2D eigenvalue weighted by molar-refractivity contribution is -0.150. The molecule has 1 aromatic carbocycles. The van der Waals surface area contributed by atoms with Gasteiger partial charge in [0.15, 0.2) is 0 Å². The molecule has 2 N–H and O–H groups in total. The number of fused-ring (bicyclic) bond motifs is 1. The molecule has 1 aliphatic heterocycles. The van der Waals surface area contributed by atoms with Crippen molar-refractivity contribution in [3.8, 4) is 0 Å². The fourth-order valence-electron chi connectivity index (χ4n) is 3.58. The predicted octanol–water partition coefficient (Wildman–Crippen LogP) is 0.962. The van der Waals surface area contributed by atoms with Crippen molar-refractivity contribution in [3.63, 3.8) is 0 Å². The fraction of sp³-hybridized carbons (Fsp3) is 0.444. The number of carboxylic acids is 1. The van der Waals surface area contributed by atoms with Crippen molar-refractivity contribution in [3.05, 3.63) is 45.1 Å². The third kappa shape index (κ3) is 2.91. The number of hydrogen-bond acceptors (Lipinski definition) is 4. The molecule has 8 heteroatoms. The van der Waals surface area contributed by atoms with Crippen molar-refractivity contribution in [1.82, 2.24) is 14.5 Å². The summed E-state index contributed by atoms with van der Waals surface area (Å²) in [5.41, 5.74) is -0.826. The summed E-state index contributed by atoms with van der Waals surface area (Å²) in [6.45, 7) is 3.77. The Balaban J connectivity index is 2.14. The quantitative estimate of drug-likeness (QED) is 0.844. The van der Waals surface area contributed by atoms with E-state index in [0.717, 1.165) is 4.57 Å². The van der Waals surface area contributed by atoms with Gasteiger partial charge in [0.05, 0.1) is 10.9 Å². The maximum atomic E-state index is 13.1. The summed E-state index contributed by atoms with van der Waals surface area (Å²) < 4.78 is 0.923. The largest absolute Gasteiger partial charge is 0.480 e. The van der Waals surface area contributed by atoms with Crippen LogP contribution in [0.4, 0.5) is 0 Å². The summed E-state index contributed by atoms with van der Waals surface area (Å²) in [5, 5.41) is 9.65. The Morgan fingerprint density at radius 2 is 1.92 bits per heavy atom. The van der Waals surface area contributed by atoms with Crippen LogP contribution in [0.2, 0.25) is 0 Å². The number of aliphatic carboxylic acids is 1. The summed E-state index contributed by atoms with van der Waals surface area (Å²) in [6.07, 6.45) is 0.950. The van der Waals surface area contributed by atoms with Gasteiger partial charge in [-0.15, -0.1) is 0 Å². The van der Waals surface area contributed by atoms with Crippen LogP contribution in [0.25, 0.3) is 10.9 Å². The van der Waals surface area contributed by atoms with Crippen LogP contribution in [0.1, 0.15) is 32.7 Å². The minimum absolute atomic E-state index is 0.305. The molecule has 0 bridgehead atoms. The van der Waals surface area contributed by atoms with E-state index in [1.165, 1.54) is 4.90 Å². The van der Waals surface area contributed by atoms with E-state index in [1.807, 2.05) is 0 Å². The summed E-state index contributed by atoms with van der Waals surface area (Å²) in [7, 11) is 0. The molecule has 1 aliphatic rings. The second kappa shape index (κ2) is 6.78. The lowest BCUT2D eigenvalue weighted by Gasteiger charge is -2.29. The number of carboxylic acid groups (broad SMARTS) is 1. The number of likely N-dealkylation sites (tertiary alicyclic amines) is 1. The topological polar surface area (TPSA) is 112 Å². The van der Waals surface area contributed by atoms with Gasteiger partial charge in [0.25, 0.3) is 5.56 Å². The number of carbonyl (C=O) groups excluding carboxylic acids is 1. The van der Waals surface area contributed by atoms with Crippen LogP contribution in [-0.4, -0.2) is 44.0 Å². The monoisotopic (exact) mass is 359 g/mol. The summed E-state index contributed by atoms with van der Waals surface area (Å²) in [4.78, 5) is 53.9. The van der Waals surface area contributed by atoms with Gasteiger partial charge in [-0.25, -0.2) is 14.2 Å². The van der Waals surface area contributed by atoms with E-state index in [9.17, 15) is 24.3 Å². The van der Waals surface area contributed by atoms with Crippen LogP contribution >= 0.6 is 0 Å². The van der Waals surface area contributed by atoms with Gasteiger partial charge in [0, 0.05) is 6.54 Å². The molecule has 8 nitrogen and oxygen atoms in total. The average molecular weight is 359 g/mol. The Hall–Kier alpha value is -2.90. The minimum Gasteiger partial charge on any atom is -0.480 e. The maximum absolute atomic E-state index is 13.1. The van der Waals surface area contributed by atoms with Crippen molar-refractivity contribution in [2.75, 3.05) is 6.54 Å². The number of aromatic amines is 1. The molecule has 2 aromatic rings. The number of nitrogens with zero attached hydrogens (tertiary/aromatic N) is 2. The van der Waals surface area contributed by atoms with Crippen LogP contribution in [0, 0.1) is 5.92 Å². The molecule has 0 saturated carbocycles. The zero-order valence-electron chi connectivity index (χ0n) is 14.6. The molecule has 3 rings (SSSR count). The van der Waals surface area contributed by atoms with Crippen molar-refractivity contribution >= 4 is 22.8 Å². The van der Waals surface area contributed by atoms with E-state index >= 15 is 0 Å². The highest BCUT2D eigenvalue weighted by Crippen LogP contribution is 2.25. The van der Waals surface area contributed by atoms with Crippen LogP contribution in [0.5, 0.6) is 0 Å². The lowest BCUT2D eigenvalue weighted by Crippen LogP contribution is -2.50. The zero-order chi connectivity index (χ0) is 19.0. The second-order valence-electron chi connectivity index (χ2n) is 6.87. The maximum Gasteiger partial charge on any atom is 0.329 e. The van der Waals surface area contributed by atoms with Gasteiger partial charge < -0.3 is 15.0 Å². The number of hydrogen-bond donors (Lipinski definition) is 2. The molecular weight excluding hydrogens is 338 g/mol. The first-order chi connectivity index (χ1) is 12.3. The highest BCUT2D eigenvalue weighted by Gasteiger charge is 2.39. The van der Waals surface area contributed by atoms with E-state index in [1.54, 1.807) is 38.1 Å². The molecule has 26 heavy (non-hydrogen) atoms. The van der Waals surface area contributed by atoms with Gasteiger partial charge in [-0.3, -0.25) is 9.59 Å². The minimum atomic E-state index is -1.07. The first kappa shape index (κ1) is 17.9. The third-order valence-corrected chi connectivity index (χ3v) is 4.82. The zero-order valence-corrected chi connectivity index (χ0v) is 14.6. The summed E-state index contributed by atoms with van der Waals surface area (Å²) >= 11 is 0. The molecule has 0 unspecified atom stereocenters. The molecule has 2 atom stereocenters. The average Bonchev–Trinajstić information content (AvgIpc) is 3.07. The molecule has 1 amide bonds. The number of nitrogens with one attached hydrogen (secondary N) is 1. The van der Waals surface area contributed by atoms with E-state index in [2.05, 4.69) is 4.98 Å². The van der Waals surface area contributed by atoms with Gasteiger partial charge >= 0.3 is 11.7 Å². The molecule has 0 radical (unpaired) electrons. The van der Waals surface area contributed by atoms with Gasteiger partial charge in [-0.1, -0.05) is 26.0 Å². The van der Waals surface area contributed by atoms with Gasteiger partial charge in [-0.05, 0) is 30.9 Å². The van der Waals surface area contributed by atoms with Gasteiger partial charge in [0.2, 0.25) is 5.91 Å². The number of rotatable bonds is 4. The summed E-state index contributed by atoms with van der Waals surface area (Å²) in [6, 6.07) is 4.61. The van der Waals surface area contributed by atoms with E-state index < -0.39 is 35.2 Å². The molecule has 1 saturated heterocycles. The number of aromatic nitrogens is 2. The SMILES string of the molecule is CC(C)[C@H](C(=O)N1CCC[C@@H]1C(=O)O)n1c(=O)[nH]c2ccccc2c1=O. The van der Waals surface area contributed by atoms with E-state index in [0.29, 0.717) is 30.3 Å². The van der Waals surface area contributed by atoms with Crippen LogP contribution in [0.15, 0.2) is 33.9 Å². The molecule has 0 spiro atoms. The Kier molecular flexibility index (Phi) is 4.67. The van der Waals surface area contributed by atoms with Crippen molar-refractivity contribution in [2.24, 2.45) is 5.92 Å². The standard InChI is InChI=1S/C18H21N3O5/c1-10(2)14(16(23)20-9-5-8-13(20)17(24)25)21-15(22)11-6-3-4-7-12(11)19-18(21)26/h3-4,6-7,10,13-14H,5,8-9H2,1-2H3,(H,19,26)(H,24,25)/t13-,14-/m1/s1. The Morgan fingerprint density at radius 1 is 1.23 bits per heavy atom. The number of H-pyrrole nitrogens is 1. The Labute approximate surface area is 149 Å². The smallest absolute Gasteiger partial charge is 0.329 e. The first-order valence-electron chi connectivity index (χ1n) is 8.59. The third-order valence-electron chi connectivity index (χ3n) is 4.82. The number of carbonyl (C=O) groups is 2. The molecule has 138 valence electrons. The van der Waals surface area contributed by atoms with Gasteiger partial charge in [0.1, 0.15) is 12.1 Å². The fourth-order valence-corrected chi connectivity index (χ4v) is 3.58. The highest BCUT2D eigenvalue weighted by atomic mass is 16.4. The number of para-hydroxylation sites is 1.